The number of fused-ring (bicyclic) bond motifs is 1. The van der Waals surface area contributed by atoms with Gasteiger partial charge in [-0.2, -0.15) is 5.26 Å². The van der Waals surface area contributed by atoms with E-state index in [2.05, 4.69) is 44.4 Å². The van der Waals surface area contributed by atoms with Crippen LogP contribution in [0.5, 0.6) is 0 Å². The monoisotopic (exact) mass is 361 g/mol. The van der Waals surface area contributed by atoms with Gasteiger partial charge in [0.1, 0.15) is 11.9 Å². The predicted molar refractivity (Wildman–Crippen MR) is 89.8 cm³/mol. The van der Waals surface area contributed by atoms with Gasteiger partial charge in [-0.15, -0.1) is 11.3 Å². The summed E-state index contributed by atoms with van der Waals surface area (Å²) in [6, 6.07) is 8.48. The molecule has 1 N–H and O–H groups in total. The molecule has 0 atom stereocenters. The topological polar surface area (TPSA) is 48.7 Å². The first kappa shape index (κ1) is 14.6. The molecular weight excluding hydrogens is 346 g/mol. The molecule has 0 unspecified atom stereocenters. The number of nitriles is 1. The number of nitrogens with one attached hydrogen (secondary N) is 1. The number of rotatable bonds is 4. The number of anilines is 1. The molecule has 0 spiro atoms. The summed E-state index contributed by atoms with van der Waals surface area (Å²) in [5.74, 6) is 0.744. The molecule has 2 aromatic heterocycles. The van der Waals surface area contributed by atoms with Gasteiger partial charge >= 0.3 is 0 Å². The molecule has 5 heteroatoms. The van der Waals surface area contributed by atoms with Gasteiger partial charge in [-0.05, 0) is 71.8 Å². The Balaban J connectivity index is 1.71. The van der Waals surface area contributed by atoms with Crippen LogP contribution in [0.4, 0.5) is 5.82 Å². The van der Waals surface area contributed by atoms with Crippen LogP contribution < -0.4 is 5.32 Å². The van der Waals surface area contributed by atoms with Crippen LogP contribution in [0.2, 0.25) is 0 Å². The molecule has 0 saturated carbocycles. The van der Waals surface area contributed by atoms with E-state index >= 15 is 0 Å². The van der Waals surface area contributed by atoms with Crippen LogP contribution in [0.3, 0.4) is 0 Å². The zero-order chi connectivity index (χ0) is 14.7. The van der Waals surface area contributed by atoms with Crippen LogP contribution in [-0.2, 0) is 19.3 Å². The Kier molecular flexibility index (Phi) is 4.57. The third-order valence-corrected chi connectivity index (χ3v) is 5.40. The molecule has 0 fully saturated rings. The van der Waals surface area contributed by atoms with Crippen LogP contribution in [0.25, 0.3) is 0 Å². The highest BCUT2D eigenvalue weighted by molar-refractivity contribution is 9.11. The molecule has 2 heterocycles. The van der Waals surface area contributed by atoms with Gasteiger partial charge in [0.15, 0.2) is 0 Å². The van der Waals surface area contributed by atoms with Crippen molar-refractivity contribution >= 4 is 33.1 Å². The number of hydrogen-bond acceptors (Lipinski definition) is 4. The minimum absolute atomic E-state index is 0.669. The summed E-state index contributed by atoms with van der Waals surface area (Å²) in [5.41, 5.74) is 3.09. The smallest absolute Gasteiger partial charge is 0.144 e. The van der Waals surface area contributed by atoms with Crippen molar-refractivity contribution in [1.82, 2.24) is 4.98 Å². The second-order valence-electron chi connectivity index (χ2n) is 5.19. The lowest BCUT2D eigenvalue weighted by molar-refractivity contribution is 0.668. The first-order valence-electron chi connectivity index (χ1n) is 7.17. The van der Waals surface area contributed by atoms with E-state index in [9.17, 15) is 5.26 Å². The van der Waals surface area contributed by atoms with E-state index < -0.39 is 0 Å². The molecule has 2 aromatic rings. The Morgan fingerprint density at radius 2 is 2.19 bits per heavy atom. The quantitative estimate of drug-likeness (QED) is 0.882. The maximum absolute atomic E-state index is 9.31. The predicted octanol–water partition coefficient (Wildman–Crippen LogP) is 4.31. The summed E-state index contributed by atoms with van der Waals surface area (Å²) in [4.78, 5) is 6.01. The van der Waals surface area contributed by atoms with Crippen molar-refractivity contribution in [1.29, 1.82) is 5.26 Å². The first-order chi connectivity index (χ1) is 10.3. The Bertz CT molecular complexity index is 687. The van der Waals surface area contributed by atoms with Crippen LogP contribution in [0.1, 0.15) is 34.5 Å². The Hall–Kier alpha value is -1.38. The fourth-order valence-corrected chi connectivity index (χ4v) is 4.13. The summed E-state index contributed by atoms with van der Waals surface area (Å²) < 4.78 is 1.15. The minimum Gasteiger partial charge on any atom is -0.369 e. The molecule has 108 valence electrons. The van der Waals surface area contributed by atoms with Gasteiger partial charge in [0.2, 0.25) is 0 Å². The number of hydrogen-bond donors (Lipinski definition) is 1. The van der Waals surface area contributed by atoms with E-state index in [1.54, 1.807) is 11.3 Å². The highest BCUT2D eigenvalue weighted by atomic mass is 79.9. The molecule has 3 rings (SSSR count). The number of nitrogens with zero attached hydrogens (tertiary/aromatic N) is 2. The van der Waals surface area contributed by atoms with Gasteiger partial charge in [0, 0.05) is 17.1 Å². The molecule has 0 amide bonds. The number of thiophene rings is 1. The van der Waals surface area contributed by atoms with E-state index in [0.29, 0.717) is 5.56 Å². The molecule has 21 heavy (non-hydrogen) atoms. The zero-order valence-corrected chi connectivity index (χ0v) is 14.1. The number of halogens is 1. The van der Waals surface area contributed by atoms with E-state index in [1.807, 2.05) is 6.07 Å². The fourth-order valence-electron chi connectivity index (χ4n) is 2.64. The van der Waals surface area contributed by atoms with Gasteiger partial charge < -0.3 is 5.32 Å². The fraction of sp³-hybridized carbons (Fsp3) is 0.375. The second kappa shape index (κ2) is 6.59. The third kappa shape index (κ3) is 3.45. The van der Waals surface area contributed by atoms with E-state index in [0.717, 1.165) is 35.4 Å². The Morgan fingerprint density at radius 3 is 2.95 bits per heavy atom. The van der Waals surface area contributed by atoms with Crippen molar-refractivity contribution in [2.45, 2.75) is 32.1 Å². The molecule has 0 bridgehead atoms. The maximum atomic E-state index is 9.31. The lowest BCUT2D eigenvalue weighted by Crippen LogP contribution is -2.12. The van der Waals surface area contributed by atoms with Crippen LogP contribution in [-0.4, -0.2) is 11.5 Å². The van der Waals surface area contributed by atoms with Crippen LogP contribution in [0, 0.1) is 11.3 Å². The van der Waals surface area contributed by atoms with Crippen LogP contribution >= 0.6 is 27.3 Å². The van der Waals surface area contributed by atoms with Gasteiger partial charge in [-0.3, -0.25) is 0 Å². The number of pyridine rings is 1. The molecule has 0 saturated heterocycles. The maximum Gasteiger partial charge on any atom is 0.144 e. The molecule has 0 aromatic carbocycles. The first-order valence-corrected chi connectivity index (χ1v) is 8.78. The molecule has 3 nitrogen and oxygen atoms in total. The molecule has 1 aliphatic rings. The summed E-state index contributed by atoms with van der Waals surface area (Å²) in [5, 5.41) is 12.6. The molecular formula is C16H16BrN3S. The minimum atomic E-state index is 0.669. The van der Waals surface area contributed by atoms with Crippen molar-refractivity contribution < 1.29 is 0 Å². The van der Waals surface area contributed by atoms with Gasteiger partial charge in [-0.1, -0.05) is 0 Å². The zero-order valence-electron chi connectivity index (χ0n) is 11.7. The Labute approximate surface area is 137 Å². The SMILES string of the molecule is N#Cc1cc2c(nc1NCCc1ccc(Br)s1)CCCC2. The summed E-state index contributed by atoms with van der Waals surface area (Å²) in [7, 11) is 0. The highest BCUT2D eigenvalue weighted by Gasteiger charge is 2.14. The van der Waals surface area contributed by atoms with Crippen molar-refractivity contribution in [3.05, 3.63) is 43.7 Å². The van der Waals surface area contributed by atoms with Crippen molar-refractivity contribution in [3.8, 4) is 6.07 Å². The lowest BCUT2D eigenvalue weighted by atomic mass is 9.95. The highest BCUT2D eigenvalue weighted by Crippen LogP contribution is 2.25. The van der Waals surface area contributed by atoms with E-state index in [1.165, 1.54) is 29.0 Å². The van der Waals surface area contributed by atoms with Crippen LogP contribution in [0.15, 0.2) is 22.0 Å². The largest absolute Gasteiger partial charge is 0.369 e. The normalized spacial score (nSPS) is 13.5. The summed E-state index contributed by atoms with van der Waals surface area (Å²) in [6.07, 6.45) is 5.45. The average Bonchev–Trinajstić information content (AvgIpc) is 2.92. The lowest BCUT2D eigenvalue weighted by Gasteiger charge is -2.17. The van der Waals surface area contributed by atoms with Crippen molar-refractivity contribution in [3.63, 3.8) is 0 Å². The Morgan fingerprint density at radius 1 is 1.33 bits per heavy atom. The van der Waals surface area contributed by atoms with Gasteiger partial charge in [0.05, 0.1) is 9.35 Å². The number of aryl methyl sites for hydroxylation is 2. The molecule has 0 aliphatic heterocycles. The van der Waals surface area contributed by atoms with Gasteiger partial charge in [-0.25, -0.2) is 4.98 Å². The standard InChI is InChI=1S/C16H16BrN3S/c17-15-6-5-13(21-15)7-8-19-16-12(10-18)9-11-3-1-2-4-14(11)20-16/h5-6,9H,1-4,7-8H2,(H,19,20). The second-order valence-corrected chi connectivity index (χ2v) is 7.74. The third-order valence-electron chi connectivity index (χ3n) is 3.71. The molecule has 1 aliphatic carbocycles. The van der Waals surface area contributed by atoms with Crippen molar-refractivity contribution in [2.75, 3.05) is 11.9 Å². The van der Waals surface area contributed by atoms with E-state index in [-0.39, 0.29) is 0 Å². The van der Waals surface area contributed by atoms with Crippen molar-refractivity contribution in [2.24, 2.45) is 0 Å². The average molecular weight is 362 g/mol. The number of aromatic nitrogens is 1. The van der Waals surface area contributed by atoms with E-state index in [4.69, 9.17) is 0 Å². The summed E-state index contributed by atoms with van der Waals surface area (Å²) in [6.45, 7) is 0.799. The molecule has 0 radical (unpaired) electrons. The summed E-state index contributed by atoms with van der Waals surface area (Å²) >= 11 is 5.22. The van der Waals surface area contributed by atoms with Gasteiger partial charge in [0.25, 0.3) is 0 Å².